The molecule has 0 radical (unpaired) electrons. The second kappa shape index (κ2) is 4.60. The van der Waals surface area contributed by atoms with Gasteiger partial charge in [-0.15, -0.1) is 0 Å². The van der Waals surface area contributed by atoms with Crippen molar-refractivity contribution in [2.24, 2.45) is 0 Å². The maximum absolute atomic E-state index is 5.78. The molecular weight excluding hydrogens is 186 g/mol. The van der Waals surface area contributed by atoms with Crippen molar-refractivity contribution in [1.82, 2.24) is 9.97 Å². The Morgan fingerprint density at radius 2 is 1.93 bits per heavy atom. The summed E-state index contributed by atoms with van der Waals surface area (Å²) in [5.74, 6) is 1.43. The Morgan fingerprint density at radius 3 is 2.47 bits per heavy atom. The largest absolute Gasteiger partial charge is 0.384 e. The molecule has 0 saturated carbocycles. The van der Waals surface area contributed by atoms with Crippen LogP contribution >= 0.6 is 0 Å². The number of rotatable bonds is 3. The molecule has 0 atom stereocenters. The summed E-state index contributed by atoms with van der Waals surface area (Å²) in [6, 6.07) is 1.88. The lowest BCUT2D eigenvalue weighted by atomic mass is 9.95. The van der Waals surface area contributed by atoms with Gasteiger partial charge >= 0.3 is 0 Å². The summed E-state index contributed by atoms with van der Waals surface area (Å²) >= 11 is 0. The van der Waals surface area contributed by atoms with Gasteiger partial charge in [0.1, 0.15) is 11.6 Å². The van der Waals surface area contributed by atoms with Crippen molar-refractivity contribution in [3.05, 3.63) is 17.6 Å². The smallest absolute Gasteiger partial charge is 0.136 e. The summed E-state index contributed by atoms with van der Waals surface area (Å²) in [5, 5.41) is 0. The number of nitrogens with two attached hydrogens (primary N) is 1. The average molecular weight is 207 g/mol. The first kappa shape index (κ1) is 12.0. The highest BCUT2D eigenvalue weighted by Gasteiger charge is 2.18. The predicted molar refractivity (Wildman–Crippen MR) is 63.8 cm³/mol. The van der Waals surface area contributed by atoms with E-state index in [0.29, 0.717) is 5.82 Å². The van der Waals surface area contributed by atoms with Crippen LogP contribution < -0.4 is 5.73 Å². The lowest BCUT2D eigenvalue weighted by molar-refractivity contribution is 0.541. The van der Waals surface area contributed by atoms with Crippen molar-refractivity contribution in [2.45, 2.75) is 52.4 Å². The summed E-state index contributed by atoms with van der Waals surface area (Å²) in [6.07, 6.45) is 3.32. The number of hydrogen-bond acceptors (Lipinski definition) is 3. The third kappa shape index (κ3) is 3.50. The van der Waals surface area contributed by atoms with Gasteiger partial charge in [-0.2, -0.15) is 0 Å². The molecule has 0 aliphatic rings. The van der Waals surface area contributed by atoms with Crippen LogP contribution in [-0.2, 0) is 11.8 Å². The van der Waals surface area contributed by atoms with Gasteiger partial charge in [0.15, 0.2) is 0 Å². The molecule has 1 aromatic rings. The van der Waals surface area contributed by atoms with Gasteiger partial charge in [-0.25, -0.2) is 9.97 Å². The summed E-state index contributed by atoms with van der Waals surface area (Å²) in [6.45, 7) is 8.48. The highest BCUT2D eigenvalue weighted by atomic mass is 15.0. The van der Waals surface area contributed by atoms with Gasteiger partial charge in [0, 0.05) is 17.2 Å². The Hall–Kier alpha value is -1.12. The van der Waals surface area contributed by atoms with Crippen LogP contribution in [0.25, 0.3) is 0 Å². The van der Waals surface area contributed by atoms with E-state index in [9.17, 15) is 0 Å². The van der Waals surface area contributed by atoms with Crippen LogP contribution in [0.4, 0.5) is 5.82 Å². The van der Waals surface area contributed by atoms with Crippen molar-refractivity contribution >= 4 is 5.82 Å². The lowest BCUT2D eigenvalue weighted by Crippen LogP contribution is -2.18. The van der Waals surface area contributed by atoms with E-state index < -0.39 is 0 Å². The van der Waals surface area contributed by atoms with Gasteiger partial charge in [0.2, 0.25) is 0 Å². The number of nitrogen functional groups attached to an aromatic ring is 1. The molecule has 0 spiro atoms. The fourth-order valence-corrected chi connectivity index (χ4v) is 1.34. The molecule has 0 aliphatic heterocycles. The first-order valence-corrected chi connectivity index (χ1v) is 5.57. The van der Waals surface area contributed by atoms with Crippen LogP contribution in [0.3, 0.4) is 0 Å². The zero-order chi connectivity index (χ0) is 11.5. The summed E-state index contributed by atoms with van der Waals surface area (Å²) < 4.78 is 0. The summed E-state index contributed by atoms with van der Waals surface area (Å²) in [5.41, 5.74) is 6.81. The van der Waals surface area contributed by atoms with Gasteiger partial charge < -0.3 is 5.73 Å². The molecule has 1 rings (SSSR count). The average Bonchev–Trinajstić information content (AvgIpc) is 2.12. The second-order valence-electron chi connectivity index (χ2n) is 4.96. The normalized spacial score (nSPS) is 11.7. The molecule has 15 heavy (non-hydrogen) atoms. The zero-order valence-electron chi connectivity index (χ0n) is 10.2. The van der Waals surface area contributed by atoms with Gasteiger partial charge in [0.05, 0.1) is 0 Å². The van der Waals surface area contributed by atoms with Crippen LogP contribution in [0.15, 0.2) is 6.07 Å². The first-order chi connectivity index (χ1) is 6.93. The molecule has 1 aromatic heterocycles. The molecule has 84 valence electrons. The molecule has 3 heteroatoms. The van der Waals surface area contributed by atoms with Gasteiger partial charge in [0.25, 0.3) is 0 Å². The summed E-state index contributed by atoms with van der Waals surface area (Å²) in [4.78, 5) is 8.83. The van der Waals surface area contributed by atoms with E-state index >= 15 is 0 Å². The minimum Gasteiger partial charge on any atom is -0.384 e. The third-order valence-corrected chi connectivity index (χ3v) is 2.26. The van der Waals surface area contributed by atoms with E-state index in [1.165, 1.54) is 6.42 Å². The fraction of sp³-hybridized carbons (Fsp3) is 0.667. The van der Waals surface area contributed by atoms with Crippen molar-refractivity contribution in [2.75, 3.05) is 5.73 Å². The topological polar surface area (TPSA) is 51.8 Å². The van der Waals surface area contributed by atoms with Crippen LogP contribution in [0.5, 0.6) is 0 Å². The highest BCUT2D eigenvalue weighted by Crippen LogP contribution is 2.19. The number of aryl methyl sites for hydroxylation is 1. The monoisotopic (exact) mass is 207 g/mol. The minimum atomic E-state index is -0.0314. The number of anilines is 1. The molecule has 0 amide bonds. The second-order valence-corrected chi connectivity index (χ2v) is 4.96. The zero-order valence-corrected chi connectivity index (χ0v) is 10.2. The van der Waals surface area contributed by atoms with Gasteiger partial charge in [-0.3, -0.25) is 0 Å². The van der Waals surface area contributed by atoms with Crippen LogP contribution in [0.1, 0.15) is 52.1 Å². The SMILES string of the molecule is CCCCc1cc(N)nc(C(C)(C)C)n1. The molecule has 0 aromatic carbocycles. The fourth-order valence-electron chi connectivity index (χ4n) is 1.34. The molecular formula is C12H21N3. The Morgan fingerprint density at radius 1 is 1.27 bits per heavy atom. The van der Waals surface area contributed by atoms with E-state index in [2.05, 4.69) is 37.7 Å². The number of hydrogen-bond donors (Lipinski definition) is 1. The van der Waals surface area contributed by atoms with Gasteiger partial charge in [-0.05, 0) is 12.8 Å². The first-order valence-electron chi connectivity index (χ1n) is 5.57. The lowest BCUT2D eigenvalue weighted by Gasteiger charge is -2.17. The molecule has 0 bridgehead atoms. The molecule has 2 N–H and O–H groups in total. The minimum absolute atomic E-state index is 0.0314. The van der Waals surface area contributed by atoms with Crippen molar-refractivity contribution in [3.63, 3.8) is 0 Å². The van der Waals surface area contributed by atoms with Crippen LogP contribution in [0, 0.1) is 0 Å². The van der Waals surface area contributed by atoms with E-state index in [-0.39, 0.29) is 5.41 Å². The predicted octanol–water partition coefficient (Wildman–Crippen LogP) is 2.70. The Labute approximate surface area is 92.1 Å². The quantitative estimate of drug-likeness (QED) is 0.829. The number of unbranched alkanes of at least 4 members (excludes halogenated alkanes) is 1. The van der Waals surface area contributed by atoms with Crippen molar-refractivity contribution in [3.8, 4) is 0 Å². The number of aromatic nitrogens is 2. The summed E-state index contributed by atoms with van der Waals surface area (Å²) in [7, 11) is 0. The van der Waals surface area contributed by atoms with E-state index in [1.807, 2.05) is 6.07 Å². The molecule has 1 heterocycles. The molecule has 0 saturated heterocycles. The number of nitrogens with zero attached hydrogens (tertiary/aromatic N) is 2. The molecule has 0 fully saturated rings. The van der Waals surface area contributed by atoms with E-state index in [1.54, 1.807) is 0 Å². The third-order valence-electron chi connectivity index (χ3n) is 2.26. The van der Waals surface area contributed by atoms with Crippen LogP contribution in [-0.4, -0.2) is 9.97 Å². The van der Waals surface area contributed by atoms with Crippen molar-refractivity contribution < 1.29 is 0 Å². The molecule has 3 nitrogen and oxygen atoms in total. The Bertz CT molecular complexity index is 326. The maximum Gasteiger partial charge on any atom is 0.136 e. The Kier molecular flexibility index (Phi) is 3.66. The highest BCUT2D eigenvalue weighted by molar-refractivity contribution is 5.31. The van der Waals surface area contributed by atoms with Gasteiger partial charge in [-0.1, -0.05) is 34.1 Å². The Balaban J connectivity index is 2.95. The standard InChI is InChI=1S/C12H21N3/c1-5-6-7-9-8-10(13)15-11(14-9)12(2,3)4/h8H,5-7H2,1-4H3,(H2,13,14,15). The molecule has 0 unspecified atom stereocenters. The van der Waals surface area contributed by atoms with E-state index in [0.717, 1.165) is 24.4 Å². The van der Waals surface area contributed by atoms with Crippen LogP contribution in [0.2, 0.25) is 0 Å². The maximum atomic E-state index is 5.78. The van der Waals surface area contributed by atoms with Crippen molar-refractivity contribution in [1.29, 1.82) is 0 Å². The van der Waals surface area contributed by atoms with E-state index in [4.69, 9.17) is 5.73 Å². The molecule has 0 aliphatic carbocycles.